The molecule has 0 saturated heterocycles. The molecule has 22 heavy (non-hydrogen) atoms. The number of benzene rings is 1. The maximum atomic E-state index is 13.8. The van der Waals surface area contributed by atoms with Crippen molar-refractivity contribution in [3.63, 3.8) is 0 Å². The molecule has 1 atom stereocenters. The summed E-state index contributed by atoms with van der Waals surface area (Å²) in [4.78, 5) is 28.4. The molecule has 0 radical (unpaired) electrons. The molecule has 3 rings (SSSR count). The van der Waals surface area contributed by atoms with Crippen molar-refractivity contribution in [2.24, 2.45) is 0 Å². The number of carbonyl (C=O) groups is 2. The highest BCUT2D eigenvalue weighted by molar-refractivity contribution is 6.23. The van der Waals surface area contributed by atoms with Crippen molar-refractivity contribution in [1.29, 1.82) is 0 Å². The maximum absolute atomic E-state index is 13.8. The van der Waals surface area contributed by atoms with Crippen LogP contribution < -0.4 is 5.32 Å². The number of nitrogens with one attached hydrogen (secondary N) is 1. The Labute approximate surface area is 126 Å². The Morgan fingerprint density at radius 2 is 1.91 bits per heavy atom. The van der Waals surface area contributed by atoms with Gasteiger partial charge in [-0.15, -0.1) is 0 Å². The van der Waals surface area contributed by atoms with E-state index in [0.717, 1.165) is 0 Å². The van der Waals surface area contributed by atoms with Crippen LogP contribution in [-0.4, -0.2) is 16.6 Å². The van der Waals surface area contributed by atoms with E-state index in [4.69, 9.17) is 0 Å². The molecule has 5 heteroatoms. The predicted molar refractivity (Wildman–Crippen MR) is 78.9 cm³/mol. The minimum Gasteiger partial charge on any atom is -0.375 e. The van der Waals surface area contributed by atoms with Gasteiger partial charge in [-0.2, -0.15) is 0 Å². The minimum atomic E-state index is -0.450. The lowest BCUT2D eigenvalue weighted by atomic mass is 9.96. The summed E-state index contributed by atoms with van der Waals surface area (Å²) in [5.74, 6) is -1.01. The number of carbonyl (C=O) groups excluding carboxylic acids is 2. The Morgan fingerprint density at radius 3 is 2.68 bits per heavy atom. The van der Waals surface area contributed by atoms with E-state index in [9.17, 15) is 14.0 Å². The van der Waals surface area contributed by atoms with Gasteiger partial charge in [0.2, 0.25) is 5.78 Å². The van der Waals surface area contributed by atoms with Crippen molar-refractivity contribution in [1.82, 2.24) is 10.3 Å². The topological polar surface area (TPSA) is 59.1 Å². The molecule has 0 bridgehead atoms. The zero-order chi connectivity index (χ0) is 15.7. The van der Waals surface area contributed by atoms with Gasteiger partial charge in [-0.05, 0) is 25.1 Å². The van der Waals surface area contributed by atoms with Crippen LogP contribution in [0.5, 0.6) is 0 Å². The van der Waals surface area contributed by atoms with Gasteiger partial charge in [0, 0.05) is 17.8 Å². The number of ketones is 2. The molecule has 1 aliphatic carbocycles. The molecule has 1 N–H and O–H groups in total. The van der Waals surface area contributed by atoms with Gasteiger partial charge in [0.05, 0.1) is 17.3 Å². The van der Waals surface area contributed by atoms with Crippen LogP contribution >= 0.6 is 0 Å². The molecule has 1 aromatic carbocycles. The van der Waals surface area contributed by atoms with Gasteiger partial charge in [0.1, 0.15) is 11.5 Å². The van der Waals surface area contributed by atoms with Crippen LogP contribution in [0.2, 0.25) is 0 Å². The highest BCUT2D eigenvalue weighted by Crippen LogP contribution is 2.22. The monoisotopic (exact) mass is 296 g/mol. The summed E-state index contributed by atoms with van der Waals surface area (Å²) in [7, 11) is 0. The lowest BCUT2D eigenvalue weighted by molar-refractivity contribution is 0.0972. The van der Waals surface area contributed by atoms with Crippen LogP contribution in [0.1, 0.15) is 39.4 Å². The fourth-order valence-corrected chi connectivity index (χ4v) is 2.43. The van der Waals surface area contributed by atoms with Crippen molar-refractivity contribution >= 4 is 11.6 Å². The first-order valence-corrected chi connectivity index (χ1v) is 6.84. The van der Waals surface area contributed by atoms with Crippen molar-refractivity contribution < 1.29 is 14.0 Å². The summed E-state index contributed by atoms with van der Waals surface area (Å²) in [5, 5.41) is 2.91. The fraction of sp³-hybridized carbons (Fsp3) is 0.118. The molecule has 0 saturated carbocycles. The third-order valence-electron chi connectivity index (χ3n) is 3.55. The first-order valence-electron chi connectivity index (χ1n) is 6.84. The smallest absolute Gasteiger partial charge is 0.228 e. The Bertz CT molecular complexity index is 799. The van der Waals surface area contributed by atoms with Crippen molar-refractivity contribution in [3.8, 4) is 0 Å². The number of rotatable bonds is 3. The molecule has 4 nitrogen and oxygen atoms in total. The first-order chi connectivity index (χ1) is 10.6. The van der Waals surface area contributed by atoms with Crippen LogP contribution in [0.15, 0.2) is 54.4 Å². The Balaban J connectivity index is 1.89. The number of Topliss-reactive ketones (excluding diaryl/α,β-unsaturated/α-hetero) is 1. The van der Waals surface area contributed by atoms with E-state index in [1.807, 2.05) is 0 Å². The van der Waals surface area contributed by atoms with Crippen LogP contribution in [-0.2, 0) is 0 Å². The second-order valence-electron chi connectivity index (χ2n) is 5.04. The Kier molecular flexibility index (Phi) is 3.55. The highest BCUT2D eigenvalue weighted by atomic mass is 19.1. The van der Waals surface area contributed by atoms with E-state index in [0.29, 0.717) is 5.56 Å². The zero-order valence-electron chi connectivity index (χ0n) is 11.8. The van der Waals surface area contributed by atoms with E-state index < -0.39 is 6.04 Å². The van der Waals surface area contributed by atoms with Crippen molar-refractivity contribution in [2.45, 2.75) is 13.0 Å². The number of aromatic nitrogens is 1. The number of hydrogen-bond donors (Lipinski definition) is 1. The summed E-state index contributed by atoms with van der Waals surface area (Å²) in [6, 6.07) is 9.03. The normalized spacial score (nSPS) is 15.1. The third kappa shape index (κ3) is 2.41. The maximum Gasteiger partial charge on any atom is 0.228 e. The van der Waals surface area contributed by atoms with Crippen LogP contribution in [0.25, 0.3) is 0 Å². The fourth-order valence-electron chi connectivity index (χ4n) is 2.43. The molecule has 1 aliphatic rings. The van der Waals surface area contributed by atoms with Gasteiger partial charge < -0.3 is 5.32 Å². The van der Waals surface area contributed by atoms with Gasteiger partial charge in [-0.1, -0.05) is 18.2 Å². The molecule has 110 valence electrons. The van der Waals surface area contributed by atoms with E-state index in [1.165, 1.54) is 18.3 Å². The molecular weight excluding hydrogens is 283 g/mol. The Morgan fingerprint density at radius 1 is 1.14 bits per heavy atom. The van der Waals surface area contributed by atoms with E-state index >= 15 is 0 Å². The number of halogens is 1. The van der Waals surface area contributed by atoms with E-state index in [2.05, 4.69) is 10.3 Å². The van der Waals surface area contributed by atoms with Gasteiger partial charge in [-0.3, -0.25) is 14.6 Å². The average molecular weight is 296 g/mol. The minimum absolute atomic E-state index is 0.123. The summed E-state index contributed by atoms with van der Waals surface area (Å²) < 4.78 is 13.8. The second-order valence-corrected chi connectivity index (χ2v) is 5.04. The molecule has 1 unspecified atom stereocenters. The first kappa shape index (κ1) is 14.1. The molecule has 1 heterocycles. The third-order valence-corrected chi connectivity index (χ3v) is 3.55. The van der Waals surface area contributed by atoms with Crippen molar-refractivity contribution in [2.75, 3.05) is 0 Å². The molecular formula is C17H13FN2O2. The number of fused-ring (bicyclic) bond motifs is 1. The van der Waals surface area contributed by atoms with Crippen LogP contribution in [0, 0.1) is 5.82 Å². The second kappa shape index (κ2) is 5.52. The van der Waals surface area contributed by atoms with E-state index in [1.54, 1.807) is 37.3 Å². The molecule has 0 amide bonds. The molecule has 1 aromatic heterocycles. The number of nitrogens with zero attached hydrogens (tertiary/aromatic N) is 1. The summed E-state index contributed by atoms with van der Waals surface area (Å²) >= 11 is 0. The predicted octanol–water partition coefficient (Wildman–Crippen LogP) is 2.83. The molecule has 0 spiro atoms. The zero-order valence-corrected chi connectivity index (χ0v) is 11.8. The lowest BCUT2D eigenvalue weighted by Crippen LogP contribution is -2.29. The molecule has 0 fully saturated rings. The number of pyridine rings is 1. The van der Waals surface area contributed by atoms with Crippen LogP contribution in [0.3, 0.4) is 0 Å². The summed E-state index contributed by atoms with van der Waals surface area (Å²) in [6.45, 7) is 1.73. The Hall–Kier alpha value is -2.82. The summed E-state index contributed by atoms with van der Waals surface area (Å²) in [6.07, 6.45) is 2.71. The SMILES string of the molecule is CC(NC1=CC(=O)c2cccnc2C1=O)c1ccccc1F. The van der Waals surface area contributed by atoms with E-state index in [-0.39, 0.29) is 34.3 Å². The largest absolute Gasteiger partial charge is 0.375 e. The average Bonchev–Trinajstić information content (AvgIpc) is 2.52. The summed E-state index contributed by atoms with van der Waals surface area (Å²) in [5.41, 5.74) is 0.970. The quantitative estimate of drug-likeness (QED) is 0.946. The molecule has 2 aromatic rings. The molecule has 0 aliphatic heterocycles. The van der Waals surface area contributed by atoms with Gasteiger partial charge in [0.25, 0.3) is 0 Å². The highest BCUT2D eigenvalue weighted by Gasteiger charge is 2.27. The standard InChI is InChI=1S/C17H13FN2O2/c1-10(11-5-2-3-7-13(11)18)20-14-9-15(21)12-6-4-8-19-16(12)17(14)22/h2-10,20H,1H3. The van der Waals surface area contributed by atoms with Gasteiger partial charge in [-0.25, -0.2) is 4.39 Å². The number of hydrogen-bond acceptors (Lipinski definition) is 4. The van der Waals surface area contributed by atoms with Gasteiger partial charge >= 0.3 is 0 Å². The number of allylic oxidation sites excluding steroid dienone is 2. The van der Waals surface area contributed by atoms with Gasteiger partial charge in [0.15, 0.2) is 5.78 Å². The lowest BCUT2D eigenvalue weighted by Gasteiger charge is -2.20. The van der Waals surface area contributed by atoms with Crippen molar-refractivity contribution in [3.05, 3.63) is 77.0 Å². The van der Waals surface area contributed by atoms with Crippen LogP contribution in [0.4, 0.5) is 4.39 Å².